The number of H-pyrrole nitrogens is 1. The molecule has 1 aliphatic heterocycles. The second-order valence-electron chi connectivity index (χ2n) is 4.84. The molecule has 0 spiro atoms. The average Bonchev–Trinajstić information content (AvgIpc) is 3.13. The molecule has 1 aromatic heterocycles. The summed E-state index contributed by atoms with van der Waals surface area (Å²) in [6.07, 6.45) is 2.91. The van der Waals surface area contributed by atoms with E-state index in [4.69, 9.17) is 5.26 Å². The number of aromatic amines is 1. The van der Waals surface area contributed by atoms with Crippen LogP contribution in [0.3, 0.4) is 0 Å². The lowest BCUT2D eigenvalue weighted by Gasteiger charge is -1.94. The molecule has 0 amide bonds. The first kappa shape index (κ1) is 13.7. The molecule has 2 aromatic carbocycles. The van der Waals surface area contributed by atoms with Crippen LogP contribution in [0.1, 0.15) is 11.1 Å². The number of nitrogens with zero attached hydrogens (tertiary/aromatic N) is 1. The number of anilines is 1. The van der Waals surface area contributed by atoms with Gasteiger partial charge < -0.3 is 10.3 Å². The van der Waals surface area contributed by atoms with Crippen LogP contribution in [-0.4, -0.2) is 11.5 Å². The zero-order chi connectivity index (χ0) is 14.7. The molecule has 0 saturated heterocycles. The van der Waals surface area contributed by atoms with Crippen LogP contribution in [0.5, 0.6) is 0 Å². The normalized spacial score (nSPS) is 12.0. The second-order valence-corrected chi connectivity index (χ2v) is 5.75. The van der Waals surface area contributed by atoms with Crippen molar-refractivity contribution in [2.24, 2.45) is 0 Å². The van der Waals surface area contributed by atoms with Crippen molar-refractivity contribution in [3.8, 4) is 6.07 Å². The molecule has 3 nitrogen and oxygen atoms in total. The van der Waals surface area contributed by atoms with Gasteiger partial charge in [0, 0.05) is 33.8 Å². The molecular formula is C17H14BrN3. The summed E-state index contributed by atoms with van der Waals surface area (Å²) >= 11 is 3.36. The lowest BCUT2D eigenvalue weighted by molar-refractivity contribution is 1.11. The standard InChI is InChI=1S/C9H5BrN2.C8H9N/c10-7-1-2-9-8(3-7)6(4-11)5-12-9;1-2-4-8-7(3-1)5-6-9-8/h1-3,5,12H;1-4,9H,5-6H2. The van der Waals surface area contributed by atoms with Crippen molar-refractivity contribution in [3.63, 3.8) is 0 Å². The van der Waals surface area contributed by atoms with Crippen LogP contribution >= 0.6 is 15.9 Å². The molecule has 4 rings (SSSR count). The van der Waals surface area contributed by atoms with E-state index in [0.717, 1.165) is 21.9 Å². The van der Waals surface area contributed by atoms with Gasteiger partial charge in [-0.25, -0.2) is 0 Å². The first-order valence-corrected chi connectivity index (χ1v) is 7.56. The Balaban J connectivity index is 0.000000131. The van der Waals surface area contributed by atoms with Crippen molar-refractivity contribution in [1.82, 2.24) is 4.98 Å². The quantitative estimate of drug-likeness (QED) is 0.635. The number of hydrogen-bond donors (Lipinski definition) is 2. The maximum Gasteiger partial charge on any atom is 0.101 e. The topological polar surface area (TPSA) is 51.6 Å². The van der Waals surface area contributed by atoms with E-state index in [1.54, 1.807) is 6.20 Å². The Morgan fingerprint density at radius 3 is 2.81 bits per heavy atom. The zero-order valence-corrected chi connectivity index (χ0v) is 12.9. The summed E-state index contributed by atoms with van der Waals surface area (Å²) in [4.78, 5) is 3.02. The number of rotatable bonds is 0. The Bertz CT molecular complexity index is 791. The number of nitriles is 1. The molecule has 2 N–H and O–H groups in total. The maximum atomic E-state index is 8.73. The van der Waals surface area contributed by atoms with Gasteiger partial charge >= 0.3 is 0 Å². The molecule has 0 atom stereocenters. The number of aromatic nitrogens is 1. The Labute approximate surface area is 131 Å². The van der Waals surface area contributed by atoms with Crippen molar-refractivity contribution < 1.29 is 0 Å². The minimum Gasteiger partial charge on any atom is -0.384 e. The highest BCUT2D eigenvalue weighted by Gasteiger charge is 2.06. The molecule has 0 fully saturated rings. The van der Waals surface area contributed by atoms with Crippen molar-refractivity contribution in [2.75, 3.05) is 11.9 Å². The van der Waals surface area contributed by atoms with Gasteiger partial charge in [0.25, 0.3) is 0 Å². The van der Waals surface area contributed by atoms with Gasteiger partial charge in [0.2, 0.25) is 0 Å². The fourth-order valence-corrected chi connectivity index (χ4v) is 2.79. The number of nitrogens with one attached hydrogen (secondary N) is 2. The molecule has 104 valence electrons. The fraction of sp³-hybridized carbons (Fsp3) is 0.118. The van der Waals surface area contributed by atoms with Crippen LogP contribution in [0, 0.1) is 11.3 Å². The van der Waals surface area contributed by atoms with Gasteiger partial charge in [-0.05, 0) is 36.2 Å². The van der Waals surface area contributed by atoms with E-state index < -0.39 is 0 Å². The molecule has 0 unspecified atom stereocenters. The largest absolute Gasteiger partial charge is 0.384 e. The Morgan fingerprint density at radius 1 is 1.14 bits per heavy atom. The van der Waals surface area contributed by atoms with Crippen LogP contribution < -0.4 is 5.32 Å². The molecule has 2 heterocycles. The van der Waals surface area contributed by atoms with E-state index in [0.29, 0.717) is 5.56 Å². The molecule has 0 aliphatic carbocycles. The lowest BCUT2D eigenvalue weighted by Crippen LogP contribution is -1.90. The van der Waals surface area contributed by atoms with Crippen molar-refractivity contribution in [1.29, 1.82) is 5.26 Å². The molecule has 1 aliphatic rings. The first-order valence-electron chi connectivity index (χ1n) is 6.76. The number of hydrogen-bond acceptors (Lipinski definition) is 2. The minimum absolute atomic E-state index is 0.686. The van der Waals surface area contributed by atoms with Gasteiger partial charge in [0.1, 0.15) is 6.07 Å². The summed E-state index contributed by atoms with van der Waals surface area (Å²) in [6, 6.07) is 16.4. The van der Waals surface area contributed by atoms with Gasteiger partial charge in [0.15, 0.2) is 0 Å². The fourth-order valence-electron chi connectivity index (χ4n) is 2.43. The highest BCUT2D eigenvalue weighted by atomic mass is 79.9. The number of para-hydroxylation sites is 1. The van der Waals surface area contributed by atoms with Gasteiger partial charge in [0.05, 0.1) is 5.56 Å². The van der Waals surface area contributed by atoms with Crippen molar-refractivity contribution in [2.45, 2.75) is 6.42 Å². The molecule has 0 bridgehead atoms. The first-order chi connectivity index (χ1) is 10.3. The molecule has 3 aromatic rings. The van der Waals surface area contributed by atoms with E-state index in [9.17, 15) is 0 Å². The van der Waals surface area contributed by atoms with Gasteiger partial charge in [-0.1, -0.05) is 34.1 Å². The maximum absolute atomic E-state index is 8.73. The van der Waals surface area contributed by atoms with Crippen LogP contribution in [0.15, 0.2) is 53.1 Å². The van der Waals surface area contributed by atoms with E-state index in [1.165, 1.54) is 17.7 Å². The van der Waals surface area contributed by atoms with Crippen LogP contribution in [0.2, 0.25) is 0 Å². The summed E-state index contributed by atoms with van der Waals surface area (Å²) in [5, 5.41) is 13.0. The van der Waals surface area contributed by atoms with Crippen molar-refractivity contribution >= 4 is 32.5 Å². The van der Waals surface area contributed by atoms with Gasteiger partial charge in [-0.3, -0.25) is 0 Å². The number of benzene rings is 2. The monoisotopic (exact) mass is 339 g/mol. The SMILES string of the molecule is N#Cc1c[nH]c2ccc(Br)cc12.c1ccc2c(c1)CCN2. The van der Waals surface area contributed by atoms with Gasteiger partial charge in [-0.2, -0.15) is 5.26 Å². The third-order valence-corrected chi connectivity index (χ3v) is 3.98. The third kappa shape index (κ3) is 2.93. The highest BCUT2D eigenvalue weighted by Crippen LogP contribution is 2.22. The summed E-state index contributed by atoms with van der Waals surface area (Å²) < 4.78 is 0.992. The van der Waals surface area contributed by atoms with Gasteiger partial charge in [-0.15, -0.1) is 0 Å². The van der Waals surface area contributed by atoms with E-state index in [1.807, 2.05) is 18.2 Å². The average molecular weight is 340 g/mol. The summed E-state index contributed by atoms with van der Waals surface area (Å²) in [6.45, 7) is 1.11. The zero-order valence-electron chi connectivity index (χ0n) is 11.4. The lowest BCUT2D eigenvalue weighted by atomic mass is 10.2. The third-order valence-electron chi connectivity index (χ3n) is 3.49. The molecule has 4 heteroatoms. The van der Waals surface area contributed by atoms with E-state index in [-0.39, 0.29) is 0 Å². The molecule has 21 heavy (non-hydrogen) atoms. The number of fused-ring (bicyclic) bond motifs is 2. The van der Waals surface area contributed by atoms with Crippen LogP contribution in [0.25, 0.3) is 10.9 Å². The smallest absolute Gasteiger partial charge is 0.101 e. The van der Waals surface area contributed by atoms with Crippen LogP contribution in [0.4, 0.5) is 5.69 Å². The molecule has 0 radical (unpaired) electrons. The molecular weight excluding hydrogens is 326 g/mol. The minimum atomic E-state index is 0.686. The van der Waals surface area contributed by atoms with Crippen molar-refractivity contribution in [3.05, 3.63) is 64.3 Å². The summed E-state index contributed by atoms with van der Waals surface area (Å²) in [7, 11) is 0. The Morgan fingerprint density at radius 2 is 2.00 bits per heavy atom. The Hall–Kier alpha value is -2.25. The second kappa shape index (κ2) is 6.02. The summed E-state index contributed by atoms with van der Waals surface area (Å²) in [5.41, 5.74) is 4.45. The van der Waals surface area contributed by atoms with E-state index in [2.05, 4.69) is 56.6 Å². The highest BCUT2D eigenvalue weighted by molar-refractivity contribution is 9.10. The molecule has 0 saturated carbocycles. The number of halogens is 1. The predicted octanol–water partition coefficient (Wildman–Crippen LogP) is 4.46. The Kier molecular flexibility index (Phi) is 3.94. The van der Waals surface area contributed by atoms with E-state index >= 15 is 0 Å². The predicted molar refractivity (Wildman–Crippen MR) is 89.3 cm³/mol. The summed E-state index contributed by atoms with van der Waals surface area (Å²) in [5.74, 6) is 0. The van der Waals surface area contributed by atoms with Crippen LogP contribution in [-0.2, 0) is 6.42 Å².